The van der Waals surface area contributed by atoms with Crippen molar-refractivity contribution in [3.8, 4) is 0 Å². The highest BCUT2D eigenvalue weighted by molar-refractivity contribution is 5.95. The van der Waals surface area contributed by atoms with Crippen LogP contribution >= 0.6 is 0 Å². The first-order valence-electron chi connectivity index (χ1n) is 9.89. The molecular formula is C22H26N4O3. The Bertz CT molecular complexity index is 1020. The topological polar surface area (TPSA) is 90.0 Å². The summed E-state index contributed by atoms with van der Waals surface area (Å²) >= 11 is 0. The van der Waals surface area contributed by atoms with Crippen LogP contribution in [0, 0.1) is 6.92 Å². The summed E-state index contributed by atoms with van der Waals surface area (Å²) in [5.41, 5.74) is 1.20. The number of benzene rings is 1. The Morgan fingerprint density at radius 3 is 2.62 bits per heavy atom. The van der Waals surface area contributed by atoms with Crippen LogP contribution in [0.15, 0.2) is 51.9 Å². The lowest BCUT2D eigenvalue weighted by Gasteiger charge is -2.17. The predicted octanol–water partition coefficient (Wildman–Crippen LogP) is 3.23. The Balaban J connectivity index is 1.76. The Morgan fingerprint density at radius 1 is 1.21 bits per heavy atom. The average Bonchev–Trinajstić information content (AvgIpc) is 3.19. The Kier molecular flexibility index (Phi) is 6.59. The largest absolute Gasteiger partial charge is 0.427 e. The number of aryl methyl sites for hydroxylation is 4. The first-order valence-corrected chi connectivity index (χ1v) is 9.89. The van der Waals surface area contributed by atoms with Crippen LogP contribution in [0.25, 0.3) is 0 Å². The van der Waals surface area contributed by atoms with Gasteiger partial charge in [0.15, 0.2) is 0 Å². The number of rotatable bonds is 8. The molecule has 0 fully saturated rings. The molecule has 3 aromatic rings. The highest BCUT2D eigenvalue weighted by atomic mass is 16.4. The smallest absolute Gasteiger partial charge is 0.349 e. The van der Waals surface area contributed by atoms with E-state index in [2.05, 4.69) is 15.4 Å². The molecule has 0 saturated carbocycles. The lowest BCUT2D eigenvalue weighted by Crippen LogP contribution is -2.34. The van der Waals surface area contributed by atoms with Crippen LogP contribution in [0.2, 0.25) is 0 Å². The van der Waals surface area contributed by atoms with Gasteiger partial charge in [-0.25, -0.2) is 14.5 Å². The van der Waals surface area contributed by atoms with Crippen LogP contribution in [0.1, 0.15) is 59.4 Å². The fraction of sp³-hybridized carbons (Fsp3) is 0.364. The summed E-state index contributed by atoms with van der Waals surface area (Å²) < 4.78 is 7.17. The molecule has 1 unspecified atom stereocenters. The minimum atomic E-state index is -0.614. The summed E-state index contributed by atoms with van der Waals surface area (Å²) in [4.78, 5) is 29.6. The van der Waals surface area contributed by atoms with Gasteiger partial charge < -0.3 is 9.73 Å². The molecule has 0 spiro atoms. The summed E-state index contributed by atoms with van der Waals surface area (Å²) in [5, 5.41) is 7.05. The van der Waals surface area contributed by atoms with Crippen molar-refractivity contribution >= 4 is 5.91 Å². The van der Waals surface area contributed by atoms with Crippen molar-refractivity contribution in [2.24, 2.45) is 0 Å². The van der Waals surface area contributed by atoms with Crippen LogP contribution in [0.5, 0.6) is 0 Å². The molecule has 152 valence electrons. The third kappa shape index (κ3) is 4.80. The van der Waals surface area contributed by atoms with E-state index >= 15 is 0 Å². The SMILES string of the molecule is CCC(NC(=O)c1c(C)cc(CCc2ccccc2)oc1=O)c1ncnn1CC. The molecule has 1 atom stereocenters. The second-order valence-corrected chi connectivity index (χ2v) is 6.91. The number of amides is 1. The average molecular weight is 394 g/mol. The maximum Gasteiger partial charge on any atom is 0.349 e. The minimum Gasteiger partial charge on any atom is -0.427 e. The standard InChI is InChI=1S/C22H26N4O3/c1-4-18(20-23-14-24-26(20)5-2)25-21(27)19-15(3)13-17(29-22(19)28)12-11-16-9-7-6-8-10-16/h6-10,13-14,18H,4-5,11-12H2,1-3H3,(H,25,27). The van der Waals surface area contributed by atoms with E-state index in [0.29, 0.717) is 36.5 Å². The highest BCUT2D eigenvalue weighted by Gasteiger charge is 2.23. The predicted molar refractivity (Wildman–Crippen MR) is 110 cm³/mol. The maximum absolute atomic E-state index is 12.8. The first kappa shape index (κ1) is 20.5. The maximum atomic E-state index is 12.8. The number of nitrogens with zero attached hydrogens (tertiary/aromatic N) is 3. The molecule has 1 amide bonds. The van der Waals surface area contributed by atoms with E-state index in [1.54, 1.807) is 17.7 Å². The molecule has 1 N–H and O–H groups in total. The van der Waals surface area contributed by atoms with E-state index in [1.165, 1.54) is 11.9 Å². The third-order valence-corrected chi connectivity index (χ3v) is 4.90. The lowest BCUT2D eigenvalue weighted by molar-refractivity contribution is 0.0927. The van der Waals surface area contributed by atoms with Gasteiger partial charge in [0.2, 0.25) is 0 Å². The normalized spacial score (nSPS) is 12.0. The van der Waals surface area contributed by atoms with Gasteiger partial charge >= 0.3 is 5.63 Å². The fourth-order valence-corrected chi connectivity index (χ4v) is 3.35. The number of hydrogen-bond donors (Lipinski definition) is 1. The molecule has 0 aliphatic heterocycles. The van der Waals surface area contributed by atoms with Gasteiger partial charge in [0.25, 0.3) is 5.91 Å². The van der Waals surface area contributed by atoms with Crippen molar-refractivity contribution in [1.82, 2.24) is 20.1 Å². The molecule has 3 rings (SSSR count). The summed E-state index contributed by atoms with van der Waals surface area (Å²) in [6.07, 6.45) is 3.46. The lowest BCUT2D eigenvalue weighted by atomic mass is 10.1. The molecular weight excluding hydrogens is 368 g/mol. The molecule has 7 heteroatoms. The molecule has 0 radical (unpaired) electrons. The number of aromatic nitrogens is 3. The summed E-state index contributed by atoms with van der Waals surface area (Å²) in [6.45, 7) is 6.31. The monoisotopic (exact) mass is 394 g/mol. The van der Waals surface area contributed by atoms with Gasteiger partial charge in [0, 0.05) is 13.0 Å². The van der Waals surface area contributed by atoms with Crippen molar-refractivity contribution in [3.63, 3.8) is 0 Å². The molecule has 7 nitrogen and oxygen atoms in total. The van der Waals surface area contributed by atoms with E-state index in [9.17, 15) is 9.59 Å². The van der Waals surface area contributed by atoms with Crippen LogP contribution in [0.4, 0.5) is 0 Å². The molecule has 0 aliphatic rings. The third-order valence-electron chi connectivity index (χ3n) is 4.90. The first-order chi connectivity index (χ1) is 14.0. The molecule has 2 aromatic heterocycles. The van der Waals surface area contributed by atoms with E-state index in [0.717, 1.165) is 6.42 Å². The zero-order chi connectivity index (χ0) is 20.8. The van der Waals surface area contributed by atoms with Crippen LogP contribution in [-0.2, 0) is 19.4 Å². The van der Waals surface area contributed by atoms with Crippen LogP contribution in [0.3, 0.4) is 0 Å². The molecule has 0 bridgehead atoms. The van der Waals surface area contributed by atoms with E-state index in [-0.39, 0.29) is 11.6 Å². The van der Waals surface area contributed by atoms with Gasteiger partial charge in [-0.3, -0.25) is 4.79 Å². The van der Waals surface area contributed by atoms with Gasteiger partial charge in [-0.05, 0) is 43.9 Å². The Hall–Kier alpha value is -3.22. The van der Waals surface area contributed by atoms with Gasteiger partial charge in [-0.1, -0.05) is 37.3 Å². The minimum absolute atomic E-state index is 0.0366. The summed E-state index contributed by atoms with van der Waals surface area (Å²) in [5.74, 6) is 0.791. The van der Waals surface area contributed by atoms with Crippen molar-refractivity contribution in [1.29, 1.82) is 0 Å². The zero-order valence-corrected chi connectivity index (χ0v) is 17.0. The van der Waals surface area contributed by atoms with E-state index in [1.807, 2.05) is 44.2 Å². The summed E-state index contributed by atoms with van der Waals surface area (Å²) in [7, 11) is 0. The zero-order valence-electron chi connectivity index (χ0n) is 17.0. The second-order valence-electron chi connectivity index (χ2n) is 6.91. The van der Waals surface area contributed by atoms with Crippen molar-refractivity contribution in [2.45, 2.75) is 52.6 Å². The van der Waals surface area contributed by atoms with E-state index in [4.69, 9.17) is 4.42 Å². The van der Waals surface area contributed by atoms with E-state index < -0.39 is 11.5 Å². The number of nitrogens with one attached hydrogen (secondary N) is 1. The van der Waals surface area contributed by atoms with Crippen molar-refractivity contribution < 1.29 is 9.21 Å². The van der Waals surface area contributed by atoms with Crippen molar-refractivity contribution in [2.75, 3.05) is 0 Å². The van der Waals surface area contributed by atoms with Gasteiger partial charge in [-0.15, -0.1) is 0 Å². The van der Waals surface area contributed by atoms with Crippen LogP contribution in [-0.4, -0.2) is 20.7 Å². The van der Waals surface area contributed by atoms with Gasteiger partial charge in [-0.2, -0.15) is 5.10 Å². The fourth-order valence-electron chi connectivity index (χ4n) is 3.35. The van der Waals surface area contributed by atoms with Crippen molar-refractivity contribution in [3.05, 3.63) is 81.4 Å². The molecule has 2 heterocycles. The number of carbonyl (C=O) groups excluding carboxylic acids is 1. The molecule has 0 aliphatic carbocycles. The quantitative estimate of drug-likeness (QED) is 0.633. The van der Waals surface area contributed by atoms with Gasteiger partial charge in [0.05, 0.1) is 6.04 Å². The van der Waals surface area contributed by atoms with Crippen LogP contribution < -0.4 is 10.9 Å². The summed E-state index contributed by atoms with van der Waals surface area (Å²) in [6, 6.07) is 11.4. The molecule has 29 heavy (non-hydrogen) atoms. The Labute approximate surface area is 169 Å². The molecule has 0 saturated heterocycles. The number of hydrogen-bond acceptors (Lipinski definition) is 5. The molecule has 1 aromatic carbocycles. The number of carbonyl (C=O) groups is 1. The van der Waals surface area contributed by atoms with Gasteiger partial charge in [0.1, 0.15) is 23.5 Å². The highest BCUT2D eigenvalue weighted by Crippen LogP contribution is 2.16. The Morgan fingerprint density at radius 2 is 1.97 bits per heavy atom. The second kappa shape index (κ2) is 9.32.